The summed E-state index contributed by atoms with van der Waals surface area (Å²) < 4.78 is 29.7. The molecule has 2 aromatic heterocycles. The third-order valence-corrected chi connectivity index (χ3v) is 6.71. The topological polar surface area (TPSA) is 105 Å². The van der Waals surface area contributed by atoms with Crippen LogP contribution in [0.5, 0.6) is 0 Å². The van der Waals surface area contributed by atoms with Gasteiger partial charge < -0.3 is 14.8 Å². The number of anilines is 4. The molecule has 0 radical (unpaired) electrons. The smallest absolute Gasteiger partial charge is 0.280 e. The highest BCUT2D eigenvalue weighted by atomic mass is 32.2. The molecule has 9 nitrogen and oxygen atoms in total. The Hall–Kier alpha value is -3.14. The van der Waals surface area contributed by atoms with Crippen LogP contribution in [-0.4, -0.2) is 41.0 Å². The normalized spacial score (nSPS) is 14.4. The molecule has 1 aliphatic heterocycles. The van der Waals surface area contributed by atoms with Crippen molar-refractivity contribution in [2.45, 2.75) is 51.6 Å². The van der Waals surface area contributed by atoms with Crippen LogP contribution in [0.3, 0.4) is 0 Å². The molecule has 10 heteroatoms. The molecule has 0 aliphatic carbocycles. The van der Waals surface area contributed by atoms with Crippen LogP contribution in [-0.2, 0) is 16.6 Å². The van der Waals surface area contributed by atoms with Gasteiger partial charge in [-0.05, 0) is 64.3 Å². The minimum atomic E-state index is -3.75. The van der Waals surface area contributed by atoms with E-state index in [0.717, 1.165) is 43.3 Å². The van der Waals surface area contributed by atoms with E-state index < -0.39 is 10.0 Å². The number of aromatic nitrogens is 4. The maximum atomic E-state index is 12.7. The molecule has 4 rings (SSSR count). The second-order valence-electron chi connectivity index (χ2n) is 7.96. The number of benzene rings is 1. The molecule has 3 aromatic rings. The van der Waals surface area contributed by atoms with E-state index in [1.54, 1.807) is 29.8 Å². The Kier molecular flexibility index (Phi) is 6.31. The summed E-state index contributed by atoms with van der Waals surface area (Å²) in [6.07, 6.45) is 5.12. The van der Waals surface area contributed by atoms with Crippen molar-refractivity contribution in [3.8, 4) is 0 Å². The maximum absolute atomic E-state index is 12.7. The lowest BCUT2D eigenvalue weighted by Gasteiger charge is -2.27. The van der Waals surface area contributed by atoms with Gasteiger partial charge in [0.25, 0.3) is 10.0 Å². The van der Waals surface area contributed by atoms with Crippen LogP contribution in [0.1, 0.15) is 37.7 Å². The SMILES string of the molecule is CCn1cc(S(=O)(=O)Nc2ccc(Nc3cc(C)nc(N4CCCCC4)n3)cc2)nc1C. The number of nitrogens with zero attached hydrogens (tertiary/aromatic N) is 5. The lowest BCUT2D eigenvalue weighted by molar-refractivity contribution is 0.568. The van der Waals surface area contributed by atoms with Gasteiger partial charge in [0.2, 0.25) is 5.95 Å². The molecule has 1 aliphatic rings. The number of piperidine rings is 1. The fraction of sp³-hybridized carbons (Fsp3) is 0.409. The van der Waals surface area contributed by atoms with E-state index in [2.05, 4.69) is 29.9 Å². The van der Waals surface area contributed by atoms with Crippen LogP contribution in [0.15, 0.2) is 41.6 Å². The fourth-order valence-corrected chi connectivity index (χ4v) is 4.83. The first-order valence-electron chi connectivity index (χ1n) is 10.9. The molecule has 3 heterocycles. The summed E-state index contributed by atoms with van der Waals surface area (Å²) in [6.45, 7) is 8.31. The molecule has 2 N–H and O–H groups in total. The van der Waals surface area contributed by atoms with Gasteiger partial charge in [-0.25, -0.2) is 9.97 Å². The predicted molar refractivity (Wildman–Crippen MR) is 126 cm³/mol. The zero-order valence-corrected chi connectivity index (χ0v) is 19.5. The number of rotatable bonds is 7. The average Bonchev–Trinajstić information content (AvgIpc) is 3.17. The summed E-state index contributed by atoms with van der Waals surface area (Å²) >= 11 is 0. The van der Waals surface area contributed by atoms with Crippen LogP contribution in [0, 0.1) is 13.8 Å². The van der Waals surface area contributed by atoms with Gasteiger partial charge in [-0.2, -0.15) is 13.4 Å². The van der Waals surface area contributed by atoms with Crippen LogP contribution >= 0.6 is 0 Å². The summed E-state index contributed by atoms with van der Waals surface area (Å²) in [4.78, 5) is 15.6. The standard InChI is InChI=1S/C22H29N7O2S/c1-4-28-15-21(24-17(28)3)32(30,31)27-19-10-8-18(9-11-19)25-20-14-16(2)23-22(26-20)29-12-6-5-7-13-29/h8-11,14-15,27H,4-7,12-13H2,1-3H3,(H,23,25,26). The minimum Gasteiger partial charge on any atom is -0.341 e. The van der Waals surface area contributed by atoms with E-state index in [-0.39, 0.29) is 5.03 Å². The monoisotopic (exact) mass is 455 g/mol. The van der Waals surface area contributed by atoms with Crippen LogP contribution in [0.4, 0.5) is 23.1 Å². The largest absolute Gasteiger partial charge is 0.341 e. The molecule has 170 valence electrons. The summed E-state index contributed by atoms with van der Waals surface area (Å²) in [5, 5.41) is 3.31. The Morgan fingerprint density at radius 3 is 2.31 bits per heavy atom. The summed E-state index contributed by atoms with van der Waals surface area (Å²) in [5.41, 5.74) is 2.17. The highest BCUT2D eigenvalue weighted by Crippen LogP contribution is 2.23. The number of sulfonamides is 1. The van der Waals surface area contributed by atoms with E-state index >= 15 is 0 Å². The van der Waals surface area contributed by atoms with E-state index in [1.807, 2.05) is 32.0 Å². The summed E-state index contributed by atoms with van der Waals surface area (Å²) in [7, 11) is -3.75. The van der Waals surface area contributed by atoms with Gasteiger partial charge >= 0.3 is 0 Å². The maximum Gasteiger partial charge on any atom is 0.280 e. The third kappa shape index (κ3) is 5.01. The van der Waals surface area contributed by atoms with E-state index in [1.165, 1.54) is 6.42 Å². The molecule has 0 unspecified atom stereocenters. The lowest BCUT2D eigenvalue weighted by Crippen LogP contribution is -2.31. The molecule has 1 fully saturated rings. The van der Waals surface area contributed by atoms with E-state index in [9.17, 15) is 8.42 Å². The van der Waals surface area contributed by atoms with Gasteiger partial charge in [0.1, 0.15) is 11.6 Å². The quantitative estimate of drug-likeness (QED) is 0.557. The highest BCUT2D eigenvalue weighted by molar-refractivity contribution is 7.92. The molecule has 0 atom stereocenters. The van der Waals surface area contributed by atoms with Crippen molar-refractivity contribution in [1.29, 1.82) is 0 Å². The Bertz CT molecular complexity index is 1180. The number of hydrogen-bond donors (Lipinski definition) is 2. The Balaban J connectivity index is 1.46. The zero-order valence-electron chi connectivity index (χ0n) is 18.7. The lowest BCUT2D eigenvalue weighted by atomic mass is 10.1. The highest BCUT2D eigenvalue weighted by Gasteiger charge is 2.19. The Morgan fingerprint density at radius 2 is 1.66 bits per heavy atom. The van der Waals surface area contributed by atoms with Gasteiger partial charge in [0.15, 0.2) is 5.03 Å². The second-order valence-corrected chi connectivity index (χ2v) is 9.59. The van der Waals surface area contributed by atoms with Gasteiger partial charge in [-0.15, -0.1) is 0 Å². The van der Waals surface area contributed by atoms with Crippen molar-refractivity contribution in [2.75, 3.05) is 28.0 Å². The van der Waals surface area contributed by atoms with Crippen LogP contribution in [0.2, 0.25) is 0 Å². The number of hydrogen-bond acceptors (Lipinski definition) is 7. The Morgan fingerprint density at radius 1 is 0.969 bits per heavy atom. The minimum absolute atomic E-state index is 0.0146. The number of aryl methyl sites for hydroxylation is 3. The van der Waals surface area contributed by atoms with Crippen molar-refractivity contribution < 1.29 is 8.42 Å². The molecular weight excluding hydrogens is 426 g/mol. The van der Waals surface area contributed by atoms with Gasteiger partial charge in [0.05, 0.1) is 0 Å². The predicted octanol–water partition coefficient (Wildman–Crippen LogP) is 3.84. The molecule has 0 bridgehead atoms. The molecular formula is C22H29N7O2S. The number of nitrogens with one attached hydrogen (secondary N) is 2. The van der Waals surface area contributed by atoms with Crippen molar-refractivity contribution >= 4 is 33.2 Å². The molecule has 1 aromatic carbocycles. The zero-order chi connectivity index (χ0) is 22.7. The summed E-state index contributed by atoms with van der Waals surface area (Å²) in [6, 6.07) is 8.94. The van der Waals surface area contributed by atoms with Gasteiger partial charge in [-0.1, -0.05) is 0 Å². The summed E-state index contributed by atoms with van der Waals surface area (Å²) in [5.74, 6) is 2.13. The van der Waals surface area contributed by atoms with E-state index in [4.69, 9.17) is 0 Å². The molecule has 0 amide bonds. The van der Waals surface area contributed by atoms with E-state index in [0.29, 0.717) is 23.9 Å². The van der Waals surface area contributed by atoms with Crippen molar-refractivity contribution in [3.63, 3.8) is 0 Å². The third-order valence-electron chi connectivity index (χ3n) is 5.46. The van der Waals surface area contributed by atoms with Gasteiger partial charge in [0, 0.05) is 49.0 Å². The van der Waals surface area contributed by atoms with Crippen molar-refractivity contribution in [3.05, 3.63) is 48.0 Å². The second kappa shape index (κ2) is 9.15. The average molecular weight is 456 g/mol. The van der Waals surface area contributed by atoms with Crippen LogP contribution < -0.4 is 14.9 Å². The fourth-order valence-electron chi connectivity index (χ4n) is 3.76. The molecule has 32 heavy (non-hydrogen) atoms. The van der Waals surface area contributed by atoms with Crippen LogP contribution in [0.25, 0.3) is 0 Å². The first-order valence-corrected chi connectivity index (χ1v) is 12.4. The molecule has 0 spiro atoms. The molecule has 0 saturated carbocycles. The van der Waals surface area contributed by atoms with Crippen molar-refractivity contribution in [2.24, 2.45) is 0 Å². The van der Waals surface area contributed by atoms with Crippen molar-refractivity contribution in [1.82, 2.24) is 19.5 Å². The Labute approximate surface area is 189 Å². The van der Waals surface area contributed by atoms with Gasteiger partial charge in [-0.3, -0.25) is 4.72 Å². The molecule has 1 saturated heterocycles. The number of imidazole rings is 1. The first kappa shape index (κ1) is 22.1. The first-order chi connectivity index (χ1) is 15.3.